The Morgan fingerprint density at radius 2 is 1.21 bits per heavy atom. The van der Waals surface area contributed by atoms with Gasteiger partial charge in [-0.1, -0.05) is 12.1 Å². The number of hydrogen-bond donors (Lipinski definition) is 1. The van der Waals surface area contributed by atoms with E-state index in [2.05, 4.69) is 30.5 Å². The van der Waals surface area contributed by atoms with E-state index >= 15 is 0 Å². The first-order valence-electron chi connectivity index (χ1n) is 9.87. The van der Waals surface area contributed by atoms with Gasteiger partial charge < -0.3 is 19.0 Å². The van der Waals surface area contributed by atoms with Crippen LogP contribution in [0.25, 0.3) is 10.8 Å². The molecular weight excluding hydrogens is 692 g/mol. The summed E-state index contributed by atoms with van der Waals surface area (Å²) in [4.78, 5) is 8.49. The maximum Gasteiger partial charge on any atom is 1.00 e. The maximum atomic E-state index is 12.0. The second kappa shape index (κ2) is 15.3. The van der Waals surface area contributed by atoms with Gasteiger partial charge in [0.2, 0.25) is 16.5 Å². The number of aromatic nitrogens is 3. The minimum Gasteiger partial charge on any atom is -0.744 e. The number of anilines is 2. The number of halogens is 2. The SMILES string of the molecule is O=S(=O)([O-])c1cc(Nc2nc(Cl)nc(Cl)n2)c2cc(N=Nc3ccccc3S(=O)(=O)[O-])c(S(=O)(=O)[O-])cc2c1.[Na+].[Na+].[Na+]. The van der Waals surface area contributed by atoms with Gasteiger partial charge in [-0.05, 0) is 65.0 Å². The molecule has 0 amide bonds. The molecule has 0 spiro atoms. The quantitative estimate of drug-likeness (QED) is 0.107. The minimum atomic E-state index is -5.30. The number of fused-ring (bicyclic) bond motifs is 1. The van der Waals surface area contributed by atoms with Gasteiger partial charge in [0.1, 0.15) is 41.7 Å². The summed E-state index contributed by atoms with van der Waals surface area (Å²) in [5.41, 5.74) is -1.28. The van der Waals surface area contributed by atoms with E-state index in [1.165, 1.54) is 12.1 Å². The summed E-state index contributed by atoms with van der Waals surface area (Å²) in [7, 11) is -15.4. The molecule has 0 unspecified atom stereocenters. The molecule has 3 aromatic carbocycles. The van der Waals surface area contributed by atoms with Gasteiger partial charge in [-0.15, -0.1) is 10.2 Å². The van der Waals surface area contributed by atoms with Crippen LogP contribution in [0.3, 0.4) is 0 Å². The molecule has 4 rings (SSSR count). The first-order chi connectivity index (χ1) is 18.0. The monoisotopic (exact) mass is 700 g/mol. The fourth-order valence-corrected chi connectivity index (χ4v) is 5.37. The first-order valence-corrected chi connectivity index (χ1v) is 14.8. The second-order valence-corrected chi connectivity index (χ2v) is 12.1. The average molecular weight is 701 g/mol. The second-order valence-electron chi connectivity index (χ2n) is 7.36. The topological polar surface area (TPSA) is 247 Å². The molecule has 0 saturated heterocycles. The molecule has 15 nitrogen and oxygen atoms in total. The van der Waals surface area contributed by atoms with Crippen LogP contribution in [0.15, 0.2) is 73.4 Å². The van der Waals surface area contributed by atoms with Crippen LogP contribution in [-0.4, -0.2) is 53.9 Å². The summed E-state index contributed by atoms with van der Waals surface area (Å²) >= 11 is 11.5. The van der Waals surface area contributed by atoms with E-state index in [-0.39, 0.29) is 122 Å². The molecule has 0 bridgehead atoms. The van der Waals surface area contributed by atoms with Crippen molar-refractivity contribution in [2.45, 2.75) is 14.7 Å². The molecule has 0 aliphatic heterocycles. The number of hydrogen-bond acceptors (Lipinski definition) is 15. The molecule has 1 heterocycles. The van der Waals surface area contributed by atoms with E-state index in [1.807, 2.05) is 0 Å². The molecule has 0 radical (unpaired) electrons. The predicted molar refractivity (Wildman–Crippen MR) is 132 cm³/mol. The van der Waals surface area contributed by atoms with E-state index in [4.69, 9.17) is 23.2 Å². The molecule has 23 heteroatoms. The van der Waals surface area contributed by atoms with Crippen LogP contribution in [0.5, 0.6) is 0 Å². The Morgan fingerprint density at radius 3 is 1.76 bits per heavy atom. The average Bonchev–Trinajstić information content (AvgIpc) is 2.80. The third-order valence-electron chi connectivity index (χ3n) is 4.79. The van der Waals surface area contributed by atoms with Gasteiger partial charge in [0, 0.05) is 5.39 Å². The number of rotatable bonds is 7. The van der Waals surface area contributed by atoms with Gasteiger partial charge in [-0.2, -0.15) is 15.0 Å². The van der Waals surface area contributed by atoms with Crippen LogP contribution < -0.4 is 94.0 Å². The van der Waals surface area contributed by atoms with Gasteiger partial charge >= 0.3 is 88.7 Å². The maximum absolute atomic E-state index is 12.0. The Morgan fingerprint density at radius 1 is 0.667 bits per heavy atom. The molecule has 204 valence electrons. The summed E-state index contributed by atoms with van der Waals surface area (Å²) < 4.78 is 106. The molecule has 1 N–H and O–H groups in total. The molecule has 0 saturated carbocycles. The Balaban J connectivity index is 0.00000294. The van der Waals surface area contributed by atoms with E-state index < -0.39 is 56.4 Å². The molecule has 0 fully saturated rings. The van der Waals surface area contributed by atoms with Gasteiger partial charge in [0.25, 0.3) is 0 Å². The summed E-state index contributed by atoms with van der Waals surface area (Å²) in [5, 5.41) is 8.91. The van der Waals surface area contributed by atoms with Gasteiger partial charge in [0.15, 0.2) is 0 Å². The van der Waals surface area contributed by atoms with Crippen molar-refractivity contribution < 1.29 is 128 Å². The fourth-order valence-electron chi connectivity index (χ4n) is 3.24. The summed E-state index contributed by atoms with van der Waals surface area (Å²) in [6.45, 7) is 0. The van der Waals surface area contributed by atoms with Crippen molar-refractivity contribution in [2.24, 2.45) is 10.2 Å². The van der Waals surface area contributed by atoms with Crippen molar-refractivity contribution in [3.63, 3.8) is 0 Å². The van der Waals surface area contributed by atoms with Crippen LogP contribution in [0, 0.1) is 0 Å². The zero-order valence-corrected chi connectivity index (χ0v) is 31.5. The largest absolute Gasteiger partial charge is 1.00 e. The summed E-state index contributed by atoms with van der Waals surface area (Å²) in [6.07, 6.45) is 0. The molecule has 42 heavy (non-hydrogen) atoms. The number of nitrogens with one attached hydrogen (secondary N) is 1. The third-order valence-corrected chi connectivity index (χ3v) is 7.69. The van der Waals surface area contributed by atoms with Crippen molar-refractivity contribution in [1.82, 2.24) is 15.0 Å². The van der Waals surface area contributed by atoms with Crippen LogP contribution in [-0.2, 0) is 30.4 Å². The van der Waals surface area contributed by atoms with Crippen LogP contribution in [0.4, 0.5) is 23.0 Å². The molecule has 4 aromatic rings. The van der Waals surface area contributed by atoms with E-state index in [1.54, 1.807) is 0 Å². The van der Waals surface area contributed by atoms with E-state index in [9.17, 15) is 38.9 Å². The Labute approximate surface area is 315 Å². The Bertz CT molecular complexity index is 2000. The first kappa shape index (κ1) is 39.7. The van der Waals surface area contributed by atoms with E-state index in [0.717, 1.165) is 36.4 Å². The van der Waals surface area contributed by atoms with Crippen molar-refractivity contribution in [3.05, 3.63) is 59.1 Å². The minimum absolute atomic E-state index is 0. The molecular formula is C19H9Cl2N6Na3O9S3. The van der Waals surface area contributed by atoms with Crippen LogP contribution in [0.2, 0.25) is 10.6 Å². The number of azo groups is 1. The van der Waals surface area contributed by atoms with E-state index in [0.29, 0.717) is 0 Å². The fraction of sp³-hybridized carbons (Fsp3) is 0. The van der Waals surface area contributed by atoms with Gasteiger partial charge in [0.05, 0.1) is 20.4 Å². The smallest absolute Gasteiger partial charge is 0.744 e. The predicted octanol–water partition coefficient (Wildman–Crippen LogP) is -5.79. The normalized spacial score (nSPS) is 11.8. The Hall–Kier alpha value is -0.360. The van der Waals surface area contributed by atoms with Crippen LogP contribution >= 0.6 is 23.2 Å². The van der Waals surface area contributed by atoms with Crippen molar-refractivity contribution in [3.8, 4) is 0 Å². The molecule has 0 atom stereocenters. The van der Waals surface area contributed by atoms with Crippen molar-refractivity contribution in [2.75, 3.05) is 5.32 Å². The zero-order chi connectivity index (χ0) is 28.8. The number of benzene rings is 3. The van der Waals surface area contributed by atoms with Gasteiger partial charge in [-0.3, -0.25) is 0 Å². The third kappa shape index (κ3) is 9.82. The van der Waals surface area contributed by atoms with Crippen molar-refractivity contribution in [1.29, 1.82) is 0 Å². The molecule has 0 aliphatic carbocycles. The van der Waals surface area contributed by atoms with Gasteiger partial charge in [-0.25, -0.2) is 25.3 Å². The van der Waals surface area contributed by atoms with Crippen molar-refractivity contribution >= 4 is 87.3 Å². The summed E-state index contributed by atoms with van der Waals surface area (Å²) in [5.74, 6) is -0.306. The summed E-state index contributed by atoms with van der Waals surface area (Å²) in [6, 6.07) is 8.00. The molecule has 0 aliphatic rings. The number of nitrogens with zero attached hydrogens (tertiary/aromatic N) is 5. The zero-order valence-electron chi connectivity index (χ0n) is 21.5. The van der Waals surface area contributed by atoms with Crippen LogP contribution in [0.1, 0.15) is 0 Å². The Kier molecular flexibility index (Phi) is 14.4. The molecule has 1 aromatic heterocycles. The standard InChI is InChI=1S/C19H12Cl2N6O9S3.3Na/c20-17-23-18(21)25-19(24-17)22-13-7-10(37(28,29)30)5-9-6-16(39(34,35)36)14(8-11(9)13)27-26-12-3-1-2-4-15(12)38(31,32)33;;;/h1-8H,(H,28,29,30)(H,31,32,33)(H,34,35,36)(H,22,23,24,25);;;/q;3*+1/p-3.